The minimum absolute atomic E-state index is 0.167. The Balaban J connectivity index is 0.000000423. The molecule has 0 aromatic heterocycles. The lowest BCUT2D eigenvalue weighted by molar-refractivity contribution is -0.115. The highest BCUT2D eigenvalue weighted by Crippen LogP contribution is 2.28. The fraction of sp³-hybridized carbons (Fsp3) is 0.369. The minimum Gasteiger partial charge on any atom is -0.388 e. The van der Waals surface area contributed by atoms with Crippen molar-refractivity contribution in [3.05, 3.63) is 209 Å². The average molecular weight is 901 g/mol. The molecule has 2 nitrogen and oxygen atoms in total. The Morgan fingerprint density at radius 1 is 0.328 bits per heavy atom. The molecule has 0 unspecified atom stereocenters. The van der Waals surface area contributed by atoms with Crippen LogP contribution in [0.25, 0.3) is 21.9 Å². The summed E-state index contributed by atoms with van der Waals surface area (Å²) in [6.45, 7) is 42.0. The highest BCUT2D eigenvalue weighted by Gasteiger charge is 2.06. The van der Waals surface area contributed by atoms with Crippen LogP contribution in [0.4, 0.5) is 0 Å². The summed E-state index contributed by atoms with van der Waals surface area (Å²) in [7, 11) is 3.25. The number of fused-ring (bicyclic) bond motifs is 1. The van der Waals surface area contributed by atoms with Gasteiger partial charge in [-0.3, -0.25) is 0 Å². The number of hydrogen-bond donors (Lipinski definition) is 0. The molecular weight excluding hydrogens is 813 g/mol. The molecule has 0 spiro atoms. The predicted molar refractivity (Wildman–Crippen MR) is 299 cm³/mol. The standard InChI is InChI=1S/C17H20.C16H18.C14H16.C10H14.C3H6O.C3H8.C2H6O/c1-12-5-7-16(9-14(12)3)11-17-8-6-13(2)15(4)10-17;1-11-5-7-15(9-13(11)3)16-8-6-12(2)14(4)10-16;1-9-5-6-11(3)14-12(4)8-7-10(2)13(9)14;1-7-5-9(3)10(4)6-8(7)2;1-3(2)4;2*1-3-2/h5-10H,11H2,1-4H3;5-10H,1-4H3;5-8H,1-4H3;5-6H,1-4H3;1-2H3;3H2,1-2H3;1-2H3. The summed E-state index contributed by atoms with van der Waals surface area (Å²) < 4.78 is 4.25. The molecule has 0 saturated carbocycles. The quantitative estimate of drug-likeness (QED) is 0.177. The third-order valence-electron chi connectivity index (χ3n) is 12.0. The van der Waals surface area contributed by atoms with E-state index in [0.717, 1.165) is 6.42 Å². The van der Waals surface area contributed by atoms with E-state index in [4.69, 9.17) is 0 Å². The fourth-order valence-corrected chi connectivity index (χ4v) is 7.25. The molecule has 0 saturated heterocycles. The van der Waals surface area contributed by atoms with Crippen molar-refractivity contribution in [2.45, 2.75) is 151 Å². The molecule has 0 radical (unpaired) electrons. The summed E-state index contributed by atoms with van der Waals surface area (Å²) >= 11 is 0. The van der Waals surface area contributed by atoms with Crippen LogP contribution in [0.3, 0.4) is 0 Å². The van der Waals surface area contributed by atoms with Crippen LogP contribution in [0.5, 0.6) is 0 Å². The van der Waals surface area contributed by atoms with Gasteiger partial charge in [-0.1, -0.05) is 129 Å². The van der Waals surface area contributed by atoms with Crippen molar-refractivity contribution < 1.29 is 9.53 Å². The van der Waals surface area contributed by atoms with E-state index in [1.807, 2.05) is 0 Å². The second-order valence-corrected chi connectivity index (χ2v) is 18.8. The Hall–Kier alpha value is -5.57. The third kappa shape index (κ3) is 20.5. The number of ether oxygens (including phenoxy) is 1. The second kappa shape index (κ2) is 29.9. The number of benzene rings is 7. The molecule has 360 valence electrons. The maximum absolute atomic E-state index is 9.44. The lowest BCUT2D eigenvalue weighted by atomic mass is 9.94. The van der Waals surface area contributed by atoms with Crippen LogP contribution in [-0.2, 0) is 16.0 Å². The number of carbonyl (C=O) groups is 1. The first kappa shape index (κ1) is 59.4. The Kier molecular flexibility index (Phi) is 26.6. The van der Waals surface area contributed by atoms with Crippen LogP contribution in [0.1, 0.15) is 134 Å². The molecule has 7 rings (SSSR count). The van der Waals surface area contributed by atoms with Crippen molar-refractivity contribution in [2.24, 2.45) is 0 Å². The topological polar surface area (TPSA) is 26.3 Å². The third-order valence-corrected chi connectivity index (χ3v) is 12.0. The molecule has 0 bridgehead atoms. The van der Waals surface area contributed by atoms with E-state index in [9.17, 15) is 4.79 Å². The van der Waals surface area contributed by atoms with Crippen LogP contribution in [0, 0.1) is 111 Å². The van der Waals surface area contributed by atoms with Crippen molar-refractivity contribution in [3.8, 4) is 11.1 Å². The molecule has 0 fully saturated rings. The highest BCUT2D eigenvalue weighted by atomic mass is 16.4. The van der Waals surface area contributed by atoms with Gasteiger partial charge in [0.2, 0.25) is 0 Å². The van der Waals surface area contributed by atoms with Gasteiger partial charge < -0.3 is 9.53 Å². The molecule has 0 amide bonds. The summed E-state index contributed by atoms with van der Waals surface area (Å²) in [5, 5.41) is 2.87. The van der Waals surface area contributed by atoms with E-state index in [-0.39, 0.29) is 5.78 Å². The van der Waals surface area contributed by atoms with Gasteiger partial charge in [0.25, 0.3) is 0 Å². The van der Waals surface area contributed by atoms with E-state index >= 15 is 0 Å². The first-order valence-electron chi connectivity index (χ1n) is 24.1. The Morgan fingerprint density at radius 2 is 0.522 bits per heavy atom. The lowest BCUT2D eigenvalue weighted by Gasteiger charge is -2.11. The first-order chi connectivity index (χ1) is 31.4. The van der Waals surface area contributed by atoms with Crippen LogP contribution in [0.15, 0.2) is 109 Å². The molecule has 0 aliphatic rings. The summed E-state index contributed by atoms with van der Waals surface area (Å²) in [4.78, 5) is 9.44. The smallest absolute Gasteiger partial charge is 0.126 e. The monoisotopic (exact) mass is 901 g/mol. The van der Waals surface area contributed by atoms with Gasteiger partial charge in [0.15, 0.2) is 0 Å². The molecule has 0 heterocycles. The highest BCUT2D eigenvalue weighted by molar-refractivity contribution is 5.93. The normalized spacial score (nSPS) is 9.88. The number of carbonyl (C=O) groups excluding carboxylic acids is 1. The fourth-order valence-electron chi connectivity index (χ4n) is 7.25. The molecule has 2 heteroatoms. The SMILES string of the molecule is CC(C)=O.CCC.COC.Cc1cc(C)c(C)cc1C.Cc1ccc(-c2ccc(C)c(C)c2)cc1C.Cc1ccc(C)c2c(C)ccc(C)c12.Cc1ccc(Cc2ccc(C)c(C)c2)cc1C. The Labute approximate surface area is 410 Å². The van der Waals surface area contributed by atoms with Gasteiger partial charge >= 0.3 is 0 Å². The van der Waals surface area contributed by atoms with E-state index in [1.54, 1.807) is 14.2 Å². The van der Waals surface area contributed by atoms with E-state index in [2.05, 4.69) is 239 Å². The second-order valence-electron chi connectivity index (χ2n) is 18.8. The molecule has 67 heavy (non-hydrogen) atoms. The number of rotatable bonds is 3. The summed E-state index contributed by atoms with van der Waals surface area (Å²) in [5.74, 6) is 0.167. The van der Waals surface area contributed by atoms with Crippen LogP contribution >= 0.6 is 0 Å². The number of Topliss-reactive ketones (excluding diaryl/α,β-unsaturated/α-hetero) is 1. The Bertz CT molecular complexity index is 2390. The maximum atomic E-state index is 9.44. The zero-order chi connectivity index (χ0) is 51.1. The predicted octanol–water partition coefficient (Wildman–Crippen LogP) is 18.4. The largest absolute Gasteiger partial charge is 0.388 e. The zero-order valence-corrected chi connectivity index (χ0v) is 46.1. The van der Waals surface area contributed by atoms with Gasteiger partial charge in [0.1, 0.15) is 5.78 Å². The van der Waals surface area contributed by atoms with E-state index < -0.39 is 0 Å². The van der Waals surface area contributed by atoms with Crippen LogP contribution in [0.2, 0.25) is 0 Å². The summed E-state index contributed by atoms with van der Waals surface area (Å²) in [5.41, 5.74) is 27.4. The van der Waals surface area contributed by atoms with Gasteiger partial charge in [-0.05, 0) is 253 Å². The van der Waals surface area contributed by atoms with Gasteiger partial charge in [-0.15, -0.1) is 0 Å². The van der Waals surface area contributed by atoms with Crippen molar-refractivity contribution in [3.63, 3.8) is 0 Å². The summed E-state index contributed by atoms with van der Waals surface area (Å²) in [6, 6.07) is 40.1. The van der Waals surface area contributed by atoms with E-state index in [1.165, 1.54) is 142 Å². The molecule has 0 atom stereocenters. The molecular formula is C65H88O2. The van der Waals surface area contributed by atoms with Crippen molar-refractivity contribution in [2.75, 3.05) is 14.2 Å². The molecule has 0 N–H and O–H groups in total. The number of ketones is 1. The number of aryl methyl sites for hydroxylation is 16. The van der Waals surface area contributed by atoms with Gasteiger partial charge in [0, 0.05) is 14.2 Å². The van der Waals surface area contributed by atoms with Crippen molar-refractivity contribution in [1.82, 2.24) is 0 Å². The van der Waals surface area contributed by atoms with Crippen molar-refractivity contribution >= 4 is 16.6 Å². The minimum atomic E-state index is 0.167. The van der Waals surface area contributed by atoms with Crippen LogP contribution in [-0.4, -0.2) is 20.0 Å². The van der Waals surface area contributed by atoms with Crippen molar-refractivity contribution in [1.29, 1.82) is 0 Å². The summed E-state index contributed by atoms with van der Waals surface area (Å²) in [6.07, 6.45) is 2.28. The molecule has 0 aliphatic heterocycles. The Morgan fingerprint density at radius 3 is 0.746 bits per heavy atom. The number of hydrogen-bond acceptors (Lipinski definition) is 2. The van der Waals surface area contributed by atoms with Gasteiger partial charge in [0.05, 0.1) is 0 Å². The lowest BCUT2D eigenvalue weighted by Crippen LogP contribution is -1.92. The molecule has 7 aromatic rings. The molecule has 7 aromatic carbocycles. The van der Waals surface area contributed by atoms with Crippen LogP contribution < -0.4 is 0 Å². The molecule has 0 aliphatic carbocycles. The van der Waals surface area contributed by atoms with Gasteiger partial charge in [-0.2, -0.15) is 0 Å². The van der Waals surface area contributed by atoms with Gasteiger partial charge in [-0.25, -0.2) is 0 Å². The number of methoxy groups -OCH3 is 1. The van der Waals surface area contributed by atoms with E-state index in [0.29, 0.717) is 0 Å². The zero-order valence-electron chi connectivity index (χ0n) is 46.1. The average Bonchev–Trinajstić information content (AvgIpc) is 3.25. The maximum Gasteiger partial charge on any atom is 0.126 e. The first-order valence-corrected chi connectivity index (χ1v) is 24.1.